The molecule has 3 heteroatoms. The summed E-state index contributed by atoms with van der Waals surface area (Å²) < 4.78 is 5.87. The number of allylic oxidation sites excluding steroid dienone is 1. The zero-order valence-electron chi connectivity index (χ0n) is 13.1. The number of ether oxygens (including phenoxy) is 1. The topological polar surface area (TPSA) is 56.8 Å². The zero-order chi connectivity index (χ0) is 16.5. The molecular weight excluding hydrogens is 284 g/mol. The van der Waals surface area contributed by atoms with Crippen LogP contribution in [0.4, 0.5) is 0 Å². The van der Waals surface area contributed by atoms with Crippen molar-refractivity contribution in [2.24, 2.45) is 0 Å². The zero-order valence-corrected chi connectivity index (χ0v) is 13.1. The molecule has 2 rings (SSSR count). The molecular formula is C20H18N2O. The van der Waals surface area contributed by atoms with Gasteiger partial charge in [-0.25, -0.2) is 0 Å². The van der Waals surface area contributed by atoms with Crippen molar-refractivity contribution in [1.29, 1.82) is 10.5 Å². The lowest BCUT2D eigenvalue weighted by Crippen LogP contribution is -2.01. The van der Waals surface area contributed by atoms with E-state index in [1.807, 2.05) is 66.7 Å². The van der Waals surface area contributed by atoms with Gasteiger partial charge in [0.2, 0.25) is 0 Å². The Morgan fingerprint density at radius 1 is 0.957 bits per heavy atom. The molecule has 23 heavy (non-hydrogen) atoms. The van der Waals surface area contributed by atoms with Gasteiger partial charge >= 0.3 is 0 Å². The Morgan fingerprint density at radius 2 is 1.61 bits per heavy atom. The smallest absolute Gasteiger partial charge is 0.138 e. The van der Waals surface area contributed by atoms with E-state index in [0.717, 1.165) is 24.0 Å². The van der Waals surface area contributed by atoms with Crippen molar-refractivity contribution >= 4 is 5.57 Å². The summed E-state index contributed by atoms with van der Waals surface area (Å²) in [5.41, 5.74) is 2.30. The fraction of sp³-hybridized carbons (Fsp3) is 0.200. The predicted molar refractivity (Wildman–Crippen MR) is 90.5 cm³/mol. The van der Waals surface area contributed by atoms with Gasteiger partial charge in [0.05, 0.1) is 6.61 Å². The lowest BCUT2D eigenvalue weighted by Gasteiger charge is -2.14. The lowest BCUT2D eigenvalue weighted by atomic mass is 9.93. The molecule has 2 aromatic carbocycles. The predicted octanol–water partition coefficient (Wildman–Crippen LogP) is 4.71. The van der Waals surface area contributed by atoms with Gasteiger partial charge in [-0.2, -0.15) is 10.5 Å². The third-order valence-corrected chi connectivity index (χ3v) is 3.45. The summed E-state index contributed by atoms with van der Waals surface area (Å²) in [4.78, 5) is 0. The van der Waals surface area contributed by atoms with Gasteiger partial charge < -0.3 is 4.74 Å². The van der Waals surface area contributed by atoms with Gasteiger partial charge in [-0.05, 0) is 18.1 Å². The van der Waals surface area contributed by atoms with E-state index in [-0.39, 0.29) is 5.57 Å². The van der Waals surface area contributed by atoms with E-state index in [1.165, 1.54) is 0 Å². The Kier molecular flexibility index (Phi) is 5.98. The van der Waals surface area contributed by atoms with Crippen molar-refractivity contribution in [3.8, 4) is 17.9 Å². The van der Waals surface area contributed by atoms with Crippen LogP contribution in [0.15, 0.2) is 60.2 Å². The second kappa shape index (κ2) is 8.41. The Balaban J connectivity index is 2.57. The highest BCUT2D eigenvalue weighted by Crippen LogP contribution is 2.33. The molecule has 0 heterocycles. The van der Waals surface area contributed by atoms with Crippen LogP contribution in [0.5, 0.6) is 5.75 Å². The van der Waals surface area contributed by atoms with Gasteiger partial charge in [-0.15, -0.1) is 0 Å². The van der Waals surface area contributed by atoms with Crippen LogP contribution in [-0.4, -0.2) is 6.61 Å². The average molecular weight is 302 g/mol. The van der Waals surface area contributed by atoms with Gasteiger partial charge in [0.1, 0.15) is 23.5 Å². The van der Waals surface area contributed by atoms with Crippen LogP contribution in [0.3, 0.4) is 0 Å². The third kappa shape index (κ3) is 3.99. The Morgan fingerprint density at radius 3 is 2.26 bits per heavy atom. The first-order chi connectivity index (χ1) is 11.3. The quantitative estimate of drug-likeness (QED) is 0.573. The molecule has 0 saturated heterocycles. The van der Waals surface area contributed by atoms with Crippen molar-refractivity contribution in [3.63, 3.8) is 0 Å². The van der Waals surface area contributed by atoms with Crippen molar-refractivity contribution < 1.29 is 4.74 Å². The normalized spacial score (nSPS) is 9.52. The fourth-order valence-corrected chi connectivity index (χ4v) is 2.30. The summed E-state index contributed by atoms with van der Waals surface area (Å²) >= 11 is 0. The number of hydrogen-bond donors (Lipinski definition) is 0. The first-order valence-corrected chi connectivity index (χ1v) is 7.64. The minimum Gasteiger partial charge on any atom is -0.493 e. The Bertz CT molecular complexity index is 748. The number of para-hydroxylation sites is 1. The van der Waals surface area contributed by atoms with E-state index < -0.39 is 0 Å². The number of rotatable bonds is 6. The Labute approximate surface area is 137 Å². The molecule has 0 aliphatic heterocycles. The highest BCUT2D eigenvalue weighted by Gasteiger charge is 2.16. The summed E-state index contributed by atoms with van der Waals surface area (Å²) in [5, 5.41) is 18.7. The van der Waals surface area contributed by atoms with Gasteiger partial charge in [0.15, 0.2) is 0 Å². The lowest BCUT2D eigenvalue weighted by molar-refractivity contribution is 0.308. The highest BCUT2D eigenvalue weighted by molar-refractivity contribution is 5.88. The van der Waals surface area contributed by atoms with E-state index in [9.17, 15) is 10.5 Å². The second-order valence-electron chi connectivity index (χ2n) is 5.04. The van der Waals surface area contributed by atoms with E-state index in [4.69, 9.17) is 4.74 Å². The van der Waals surface area contributed by atoms with Crippen molar-refractivity contribution in [2.45, 2.75) is 19.8 Å². The molecule has 3 nitrogen and oxygen atoms in total. The minimum atomic E-state index is 0.0859. The number of unbranched alkanes of at least 4 members (excludes halogenated alkanes) is 1. The molecule has 0 saturated carbocycles. The molecule has 114 valence electrons. The first-order valence-electron chi connectivity index (χ1n) is 7.64. The molecule has 0 bridgehead atoms. The molecule has 0 spiro atoms. The number of benzene rings is 2. The van der Waals surface area contributed by atoms with Crippen molar-refractivity contribution in [2.75, 3.05) is 6.61 Å². The summed E-state index contributed by atoms with van der Waals surface area (Å²) in [5.74, 6) is 0.697. The fourth-order valence-electron chi connectivity index (χ4n) is 2.30. The van der Waals surface area contributed by atoms with Crippen molar-refractivity contribution in [3.05, 3.63) is 71.3 Å². The monoisotopic (exact) mass is 302 g/mol. The molecule has 0 aliphatic rings. The number of nitriles is 2. The average Bonchev–Trinajstić information content (AvgIpc) is 2.61. The molecule has 0 aliphatic carbocycles. The number of nitrogens with zero attached hydrogens (tertiary/aromatic N) is 2. The summed E-state index contributed by atoms with van der Waals surface area (Å²) in [6.45, 7) is 2.72. The van der Waals surface area contributed by atoms with Crippen LogP contribution in [0.25, 0.3) is 5.57 Å². The molecule has 0 amide bonds. The summed E-state index contributed by atoms with van der Waals surface area (Å²) in [6, 6.07) is 21.0. The van der Waals surface area contributed by atoms with E-state index in [0.29, 0.717) is 17.9 Å². The molecule has 0 N–H and O–H groups in total. The van der Waals surface area contributed by atoms with Crippen LogP contribution >= 0.6 is 0 Å². The number of hydrogen-bond acceptors (Lipinski definition) is 3. The van der Waals surface area contributed by atoms with E-state index >= 15 is 0 Å². The van der Waals surface area contributed by atoms with E-state index in [1.54, 1.807) is 0 Å². The first kappa shape index (κ1) is 16.3. The van der Waals surface area contributed by atoms with Crippen LogP contribution in [-0.2, 0) is 0 Å². The van der Waals surface area contributed by atoms with Crippen molar-refractivity contribution in [1.82, 2.24) is 0 Å². The largest absolute Gasteiger partial charge is 0.493 e. The maximum Gasteiger partial charge on any atom is 0.138 e. The maximum absolute atomic E-state index is 9.35. The highest BCUT2D eigenvalue weighted by atomic mass is 16.5. The van der Waals surface area contributed by atoms with Crippen LogP contribution < -0.4 is 4.74 Å². The molecule has 0 radical (unpaired) electrons. The standard InChI is InChI=1S/C20H18N2O/c1-2-3-13-23-19-12-8-7-11-18(19)20(17(14-21)15-22)16-9-5-4-6-10-16/h4-12H,2-3,13H2,1H3. The van der Waals surface area contributed by atoms with Gasteiger partial charge in [-0.3, -0.25) is 0 Å². The van der Waals surface area contributed by atoms with Gasteiger partial charge in [-0.1, -0.05) is 61.9 Å². The SMILES string of the molecule is CCCCOc1ccccc1C(=C(C#N)C#N)c1ccccc1. The summed E-state index contributed by atoms with van der Waals surface area (Å²) in [6.07, 6.45) is 2.01. The Hall–Kier alpha value is -3.04. The van der Waals surface area contributed by atoms with Crippen LogP contribution in [0.1, 0.15) is 30.9 Å². The third-order valence-electron chi connectivity index (χ3n) is 3.45. The molecule has 0 fully saturated rings. The molecule has 2 aromatic rings. The van der Waals surface area contributed by atoms with Crippen LogP contribution in [0, 0.1) is 22.7 Å². The van der Waals surface area contributed by atoms with Gasteiger partial charge in [0, 0.05) is 11.1 Å². The van der Waals surface area contributed by atoms with Gasteiger partial charge in [0.25, 0.3) is 0 Å². The molecule has 0 unspecified atom stereocenters. The minimum absolute atomic E-state index is 0.0859. The maximum atomic E-state index is 9.35. The summed E-state index contributed by atoms with van der Waals surface area (Å²) in [7, 11) is 0. The molecule has 0 aromatic heterocycles. The van der Waals surface area contributed by atoms with E-state index in [2.05, 4.69) is 6.92 Å². The second-order valence-corrected chi connectivity index (χ2v) is 5.04. The molecule has 0 atom stereocenters. The van der Waals surface area contributed by atoms with Crippen LogP contribution in [0.2, 0.25) is 0 Å².